The topological polar surface area (TPSA) is 94.8 Å². The molecule has 28 heavy (non-hydrogen) atoms. The van der Waals surface area contributed by atoms with Gasteiger partial charge in [-0.2, -0.15) is 0 Å². The zero-order valence-electron chi connectivity index (χ0n) is 15.5. The molecule has 4 heterocycles. The van der Waals surface area contributed by atoms with Crippen LogP contribution in [0, 0.1) is 0 Å². The van der Waals surface area contributed by atoms with Crippen molar-refractivity contribution in [1.82, 2.24) is 24.5 Å². The number of hydrogen-bond donors (Lipinski definition) is 1. The van der Waals surface area contributed by atoms with Crippen molar-refractivity contribution in [2.24, 2.45) is 7.05 Å². The van der Waals surface area contributed by atoms with E-state index in [0.29, 0.717) is 34.8 Å². The molecular formula is C20H18N6O2. The number of nitrogens with one attached hydrogen (secondary N) is 1. The van der Waals surface area contributed by atoms with E-state index in [1.807, 2.05) is 18.2 Å². The summed E-state index contributed by atoms with van der Waals surface area (Å²) in [7, 11) is 3.23. The number of ether oxygens (including phenoxy) is 1. The van der Waals surface area contributed by atoms with E-state index < -0.39 is 0 Å². The molecule has 4 aromatic rings. The van der Waals surface area contributed by atoms with Crippen molar-refractivity contribution in [3.63, 3.8) is 0 Å². The molecule has 0 fully saturated rings. The SMILES string of the molecule is COc1cc(-c2cc3ncn(C)c(=O)c3c(NCc3ccncc3)n2)ccn1. The van der Waals surface area contributed by atoms with Gasteiger partial charge in [0.05, 0.1) is 24.6 Å². The fraction of sp³-hybridized carbons (Fsp3) is 0.150. The fourth-order valence-electron chi connectivity index (χ4n) is 2.86. The summed E-state index contributed by atoms with van der Waals surface area (Å²) in [4.78, 5) is 30.0. The number of aromatic nitrogens is 5. The van der Waals surface area contributed by atoms with Crippen LogP contribution < -0.4 is 15.6 Å². The van der Waals surface area contributed by atoms with E-state index >= 15 is 0 Å². The number of hydrogen-bond acceptors (Lipinski definition) is 7. The summed E-state index contributed by atoms with van der Waals surface area (Å²) in [5.41, 5.74) is 2.94. The normalized spacial score (nSPS) is 10.8. The summed E-state index contributed by atoms with van der Waals surface area (Å²) >= 11 is 0. The molecule has 4 aromatic heterocycles. The fourth-order valence-corrected chi connectivity index (χ4v) is 2.86. The van der Waals surface area contributed by atoms with Crippen LogP contribution in [0.2, 0.25) is 0 Å². The Labute approximate surface area is 160 Å². The quantitative estimate of drug-likeness (QED) is 0.573. The van der Waals surface area contributed by atoms with E-state index in [1.165, 1.54) is 10.9 Å². The summed E-state index contributed by atoms with van der Waals surface area (Å²) < 4.78 is 6.65. The molecule has 0 saturated carbocycles. The molecule has 4 rings (SSSR count). The van der Waals surface area contributed by atoms with Crippen molar-refractivity contribution < 1.29 is 4.74 Å². The summed E-state index contributed by atoms with van der Waals surface area (Å²) in [5, 5.41) is 3.72. The molecule has 0 aliphatic heterocycles. The Morgan fingerprint density at radius 2 is 1.93 bits per heavy atom. The second-order valence-corrected chi connectivity index (χ2v) is 6.21. The Bertz CT molecular complexity index is 1190. The average Bonchev–Trinajstić information content (AvgIpc) is 2.75. The molecule has 8 nitrogen and oxygen atoms in total. The summed E-state index contributed by atoms with van der Waals surface area (Å²) in [6, 6.07) is 9.24. The van der Waals surface area contributed by atoms with Crippen LogP contribution in [0.4, 0.5) is 5.82 Å². The third-order valence-corrected chi connectivity index (χ3v) is 4.35. The van der Waals surface area contributed by atoms with E-state index in [1.54, 1.807) is 44.9 Å². The lowest BCUT2D eigenvalue weighted by Gasteiger charge is -2.12. The molecule has 0 atom stereocenters. The van der Waals surface area contributed by atoms with Crippen molar-refractivity contribution in [1.29, 1.82) is 0 Å². The van der Waals surface area contributed by atoms with E-state index in [2.05, 4.69) is 20.3 Å². The van der Waals surface area contributed by atoms with Gasteiger partial charge < -0.3 is 14.6 Å². The highest BCUT2D eigenvalue weighted by Gasteiger charge is 2.13. The summed E-state index contributed by atoms with van der Waals surface area (Å²) in [6.45, 7) is 0.506. The van der Waals surface area contributed by atoms with Crippen LogP contribution >= 0.6 is 0 Å². The van der Waals surface area contributed by atoms with Crippen LogP contribution in [0.5, 0.6) is 5.88 Å². The number of pyridine rings is 3. The van der Waals surface area contributed by atoms with Gasteiger partial charge in [-0.25, -0.2) is 15.0 Å². The van der Waals surface area contributed by atoms with E-state index in [0.717, 1.165) is 11.1 Å². The lowest BCUT2D eigenvalue weighted by Crippen LogP contribution is -2.19. The Hall–Kier alpha value is -3.81. The number of methoxy groups -OCH3 is 1. The van der Waals surface area contributed by atoms with Gasteiger partial charge in [0.15, 0.2) is 0 Å². The Morgan fingerprint density at radius 1 is 1.11 bits per heavy atom. The van der Waals surface area contributed by atoms with Gasteiger partial charge in [-0.1, -0.05) is 0 Å². The highest BCUT2D eigenvalue weighted by atomic mass is 16.5. The largest absolute Gasteiger partial charge is 0.481 e. The predicted octanol–water partition coefficient (Wildman–Crippen LogP) is 2.41. The van der Waals surface area contributed by atoms with Gasteiger partial charge in [-0.15, -0.1) is 0 Å². The van der Waals surface area contributed by atoms with E-state index in [-0.39, 0.29) is 5.56 Å². The third kappa shape index (κ3) is 3.39. The van der Waals surface area contributed by atoms with E-state index in [9.17, 15) is 4.79 Å². The molecule has 0 radical (unpaired) electrons. The van der Waals surface area contributed by atoms with Crippen molar-refractivity contribution in [3.05, 3.63) is 71.2 Å². The predicted molar refractivity (Wildman–Crippen MR) is 106 cm³/mol. The highest BCUT2D eigenvalue weighted by molar-refractivity contribution is 5.91. The molecule has 0 unspecified atom stereocenters. The number of aryl methyl sites for hydroxylation is 1. The standard InChI is InChI=1S/C20H18N6O2/c1-26-12-24-16-10-15(14-5-8-22-17(9-14)28-2)25-19(18(16)20(26)27)23-11-13-3-6-21-7-4-13/h3-10,12H,11H2,1-2H3,(H,23,25). The van der Waals surface area contributed by atoms with Crippen LogP contribution in [0.25, 0.3) is 22.2 Å². The maximum absolute atomic E-state index is 12.7. The first-order valence-corrected chi connectivity index (χ1v) is 8.65. The first-order valence-electron chi connectivity index (χ1n) is 8.65. The van der Waals surface area contributed by atoms with Gasteiger partial charge in [0.1, 0.15) is 11.2 Å². The van der Waals surface area contributed by atoms with Crippen LogP contribution in [0.3, 0.4) is 0 Å². The summed E-state index contributed by atoms with van der Waals surface area (Å²) in [6.07, 6.45) is 6.61. The lowest BCUT2D eigenvalue weighted by molar-refractivity contribution is 0.398. The second kappa shape index (κ2) is 7.43. The van der Waals surface area contributed by atoms with E-state index in [4.69, 9.17) is 9.72 Å². The van der Waals surface area contributed by atoms with Gasteiger partial charge in [-0.05, 0) is 29.8 Å². The number of anilines is 1. The molecule has 1 N–H and O–H groups in total. The monoisotopic (exact) mass is 374 g/mol. The summed E-state index contributed by atoms with van der Waals surface area (Å²) in [5.74, 6) is 0.969. The first-order chi connectivity index (χ1) is 13.7. The van der Waals surface area contributed by atoms with Crippen LogP contribution in [-0.4, -0.2) is 31.6 Å². The molecule has 8 heteroatoms. The molecule has 0 amide bonds. The van der Waals surface area contributed by atoms with Gasteiger partial charge >= 0.3 is 0 Å². The smallest absolute Gasteiger partial charge is 0.264 e. The highest BCUT2D eigenvalue weighted by Crippen LogP contribution is 2.26. The Morgan fingerprint density at radius 3 is 2.71 bits per heavy atom. The van der Waals surface area contributed by atoms with Gasteiger partial charge in [-0.3, -0.25) is 9.78 Å². The van der Waals surface area contributed by atoms with Crippen LogP contribution in [-0.2, 0) is 13.6 Å². The molecule has 0 bridgehead atoms. The zero-order chi connectivity index (χ0) is 19.5. The van der Waals surface area contributed by atoms with Crippen molar-refractivity contribution in [3.8, 4) is 17.1 Å². The van der Waals surface area contributed by atoms with Crippen molar-refractivity contribution in [2.45, 2.75) is 6.54 Å². The molecule has 0 aliphatic carbocycles. The van der Waals surface area contributed by atoms with Gasteiger partial charge in [0, 0.05) is 43.8 Å². The van der Waals surface area contributed by atoms with Crippen LogP contribution in [0.1, 0.15) is 5.56 Å². The van der Waals surface area contributed by atoms with Gasteiger partial charge in [0.25, 0.3) is 5.56 Å². The lowest BCUT2D eigenvalue weighted by atomic mass is 10.1. The molecular weight excluding hydrogens is 356 g/mol. The van der Waals surface area contributed by atoms with Gasteiger partial charge in [0.2, 0.25) is 5.88 Å². The Kier molecular flexibility index (Phi) is 4.67. The molecule has 0 spiro atoms. The molecule has 0 aliphatic rings. The number of rotatable bonds is 5. The van der Waals surface area contributed by atoms with Crippen molar-refractivity contribution in [2.75, 3.05) is 12.4 Å². The maximum Gasteiger partial charge on any atom is 0.264 e. The molecule has 140 valence electrons. The first kappa shape index (κ1) is 17.6. The Balaban J connectivity index is 1.84. The third-order valence-electron chi connectivity index (χ3n) is 4.35. The maximum atomic E-state index is 12.7. The number of fused-ring (bicyclic) bond motifs is 1. The van der Waals surface area contributed by atoms with Crippen LogP contribution in [0.15, 0.2) is 60.0 Å². The molecule has 0 aromatic carbocycles. The molecule has 0 saturated heterocycles. The van der Waals surface area contributed by atoms with Crippen molar-refractivity contribution >= 4 is 16.7 Å². The average molecular weight is 374 g/mol. The second-order valence-electron chi connectivity index (χ2n) is 6.21. The minimum atomic E-state index is -0.159. The number of nitrogens with zero attached hydrogens (tertiary/aromatic N) is 5. The minimum Gasteiger partial charge on any atom is -0.481 e. The minimum absolute atomic E-state index is 0.159. The zero-order valence-corrected chi connectivity index (χ0v) is 15.5.